The zero-order valence-corrected chi connectivity index (χ0v) is 12.6. The van der Waals surface area contributed by atoms with Crippen LogP contribution in [-0.2, 0) is 18.5 Å². The molecule has 1 aliphatic carbocycles. The van der Waals surface area contributed by atoms with Crippen LogP contribution in [0.25, 0.3) is 0 Å². The van der Waals surface area contributed by atoms with Gasteiger partial charge in [-0.2, -0.15) is 5.10 Å². The highest BCUT2D eigenvalue weighted by Crippen LogP contribution is 2.33. The molecule has 0 saturated heterocycles. The SMILES string of the molecule is CC(C)(C)n1cc(CNCC2Cc3ccccc32)cn1. The molecule has 0 bridgehead atoms. The van der Waals surface area contributed by atoms with E-state index in [1.54, 1.807) is 0 Å². The molecule has 3 heteroatoms. The van der Waals surface area contributed by atoms with Crippen molar-refractivity contribution in [3.8, 4) is 0 Å². The van der Waals surface area contributed by atoms with Crippen LogP contribution in [0.2, 0.25) is 0 Å². The largest absolute Gasteiger partial charge is 0.312 e. The van der Waals surface area contributed by atoms with Crippen LogP contribution in [0, 0.1) is 0 Å². The number of aromatic nitrogens is 2. The highest BCUT2D eigenvalue weighted by Gasteiger charge is 2.24. The topological polar surface area (TPSA) is 29.9 Å². The van der Waals surface area contributed by atoms with E-state index >= 15 is 0 Å². The van der Waals surface area contributed by atoms with Gasteiger partial charge in [-0.1, -0.05) is 24.3 Å². The van der Waals surface area contributed by atoms with E-state index in [9.17, 15) is 0 Å². The molecule has 1 aliphatic rings. The molecule has 20 heavy (non-hydrogen) atoms. The van der Waals surface area contributed by atoms with Crippen molar-refractivity contribution >= 4 is 0 Å². The Bertz CT molecular complexity index is 592. The molecule has 3 nitrogen and oxygen atoms in total. The molecular formula is C17H23N3. The highest BCUT2D eigenvalue weighted by atomic mass is 15.3. The van der Waals surface area contributed by atoms with Crippen molar-refractivity contribution in [2.24, 2.45) is 0 Å². The van der Waals surface area contributed by atoms with Gasteiger partial charge in [-0.25, -0.2) is 0 Å². The minimum atomic E-state index is 0.0607. The number of benzene rings is 1. The van der Waals surface area contributed by atoms with E-state index in [0.29, 0.717) is 5.92 Å². The van der Waals surface area contributed by atoms with Gasteiger partial charge in [-0.15, -0.1) is 0 Å². The first-order chi connectivity index (χ1) is 9.54. The lowest BCUT2D eigenvalue weighted by Crippen LogP contribution is -2.28. The van der Waals surface area contributed by atoms with E-state index in [2.05, 4.69) is 61.6 Å². The van der Waals surface area contributed by atoms with Crippen LogP contribution in [0.3, 0.4) is 0 Å². The molecule has 1 N–H and O–H groups in total. The van der Waals surface area contributed by atoms with Gasteiger partial charge in [0.2, 0.25) is 0 Å². The lowest BCUT2D eigenvalue weighted by Gasteiger charge is -2.30. The van der Waals surface area contributed by atoms with Crippen molar-refractivity contribution in [3.63, 3.8) is 0 Å². The first-order valence-corrected chi connectivity index (χ1v) is 7.36. The lowest BCUT2D eigenvalue weighted by atomic mass is 9.77. The normalized spacial score (nSPS) is 17.6. The first kappa shape index (κ1) is 13.4. The van der Waals surface area contributed by atoms with Crippen LogP contribution in [0.5, 0.6) is 0 Å². The van der Waals surface area contributed by atoms with E-state index in [4.69, 9.17) is 0 Å². The Labute approximate surface area is 121 Å². The molecule has 106 valence electrons. The average molecular weight is 269 g/mol. The minimum Gasteiger partial charge on any atom is -0.312 e. The Balaban J connectivity index is 1.51. The Morgan fingerprint density at radius 2 is 2.10 bits per heavy atom. The molecule has 1 aromatic heterocycles. The molecule has 1 aromatic carbocycles. The molecule has 0 aliphatic heterocycles. The molecule has 0 fully saturated rings. The Morgan fingerprint density at radius 3 is 2.80 bits per heavy atom. The smallest absolute Gasteiger partial charge is 0.0543 e. The van der Waals surface area contributed by atoms with Crippen LogP contribution in [0.15, 0.2) is 36.7 Å². The third-order valence-corrected chi connectivity index (χ3v) is 4.00. The van der Waals surface area contributed by atoms with Crippen molar-refractivity contribution in [2.45, 2.75) is 45.2 Å². The Morgan fingerprint density at radius 1 is 1.30 bits per heavy atom. The summed E-state index contributed by atoms with van der Waals surface area (Å²) in [7, 11) is 0. The lowest BCUT2D eigenvalue weighted by molar-refractivity contribution is 0.355. The number of hydrogen-bond donors (Lipinski definition) is 1. The minimum absolute atomic E-state index is 0.0607. The molecule has 1 heterocycles. The number of fused-ring (bicyclic) bond motifs is 1. The van der Waals surface area contributed by atoms with Crippen molar-refractivity contribution in [2.75, 3.05) is 6.54 Å². The van der Waals surface area contributed by atoms with Crippen LogP contribution in [0.1, 0.15) is 43.4 Å². The summed E-state index contributed by atoms with van der Waals surface area (Å²) in [5.74, 6) is 0.684. The van der Waals surface area contributed by atoms with Crippen LogP contribution in [0.4, 0.5) is 0 Å². The fourth-order valence-electron chi connectivity index (χ4n) is 2.75. The third kappa shape index (κ3) is 2.63. The molecule has 0 spiro atoms. The summed E-state index contributed by atoms with van der Waals surface area (Å²) in [6.07, 6.45) is 5.32. The molecular weight excluding hydrogens is 246 g/mol. The standard InChI is InChI=1S/C17H23N3/c1-17(2,3)20-12-13(10-19-20)9-18-11-15-8-14-6-4-5-7-16(14)15/h4-7,10,12,15,18H,8-9,11H2,1-3H3. The monoisotopic (exact) mass is 269 g/mol. The predicted molar refractivity (Wildman–Crippen MR) is 81.8 cm³/mol. The van der Waals surface area contributed by atoms with Crippen molar-refractivity contribution in [3.05, 3.63) is 53.3 Å². The summed E-state index contributed by atoms with van der Waals surface area (Å²) in [6, 6.07) is 8.75. The third-order valence-electron chi connectivity index (χ3n) is 4.00. The Hall–Kier alpha value is -1.61. The number of nitrogens with one attached hydrogen (secondary N) is 1. The molecule has 0 radical (unpaired) electrons. The number of rotatable bonds is 4. The zero-order chi connectivity index (χ0) is 14.2. The van der Waals surface area contributed by atoms with E-state index in [1.165, 1.54) is 23.1 Å². The van der Waals surface area contributed by atoms with Crippen LogP contribution in [-0.4, -0.2) is 16.3 Å². The van der Waals surface area contributed by atoms with Crippen LogP contribution < -0.4 is 5.32 Å². The maximum atomic E-state index is 4.43. The van der Waals surface area contributed by atoms with Crippen molar-refractivity contribution < 1.29 is 0 Å². The maximum absolute atomic E-state index is 4.43. The maximum Gasteiger partial charge on any atom is 0.0543 e. The van der Waals surface area contributed by atoms with E-state index in [1.807, 2.05) is 10.9 Å². The zero-order valence-electron chi connectivity index (χ0n) is 12.6. The van der Waals surface area contributed by atoms with Gasteiger partial charge in [0.25, 0.3) is 0 Å². The molecule has 1 unspecified atom stereocenters. The van der Waals surface area contributed by atoms with Gasteiger partial charge in [0.15, 0.2) is 0 Å². The van der Waals surface area contributed by atoms with Gasteiger partial charge in [0, 0.05) is 30.8 Å². The molecule has 2 aromatic rings. The second-order valence-electron chi connectivity index (χ2n) is 6.69. The summed E-state index contributed by atoms with van der Waals surface area (Å²) >= 11 is 0. The van der Waals surface area contributed by atoms with Gasteiger partial charge in [0.05, 0.1) is 11.7 Å². The highest BCUT2D eigenvalue weighted by molar-refractivity contribution is 5.40. The summed E-state index contributed by atoms with van der Waals surface area (Å²) in [5.41, 5.74) is 4.35. The van der Waals surface area contributed by atoms with E-state index in [-0.39, 0.29) is 5.54 Å². The van der Waals surface area contributed by atoms with Gasteiger partial charge in [-0.05, 0) is 38.3 Å². The fourth-order valence-corrected chi connectivity index (χ4v) is 2.75. The van der Waals surface area contributed by atoms with Crippen molar-refractivity contribution in [1.29, 1.82) is 0 Å². The van der Waals surface area contributed by atoms with E-state index < -0.39 is 0 Å². The van der Waals surface area contributed by atoms with Gasteiger partial charge >= 0.3 is 0 Å². The summed E-state index contributed by atoms with van der Waals surface area (Å²) in [4.78, 5) is 0. The fraction of sp³-hybridized carbons (Fsp3) is 0.471. The quantitative estimate of drug-likeness (QED) is 0.924. The average Bonchev–Trinajstić information content (AvgIpc) is 2.83. The van der Waals surface area contributed by atoms with Gasteiger partial charge in [0.1, 0.15) is 0 Å². The molecule has 1 atom stereocenters. The van der Waals surface area contributed by atoms with Crippen LogP contribution >= 0.6 is 0 Å². The summed E-state index contributed by atoms with van der Waals surface area (Å²) in [5, 5.41) is 7.99. The Kier molecular flexibility index (Phi) is 3.38. The molecule has 3 rings (SSSR count). The number of hydrogen-bond acceptors (Lipinski definition) is 2. The predicted octanol–water partition coefficient (Wildman–Crippen LogP) is 3.07. The molecule has 0 saturated carbocycles. The first-order valence-electron chi connectivity index (χ1n) is 7.36. The second-order valence-corrected chi connectivity index (χ2v) is 6.69. The molecule has 0 amide bonds. The van der Waals surface area contributed by atoms with E-state index in [0.717, 1.165) is 13.1 Å². The second kappa shape index (κ2) is 5.06. The number of nitrogens with zero attached hydrogens (tertiary/aromatic N) is 2. The summed E-state index contributed by atoms with van der Waals surface area (Å²) < 4.78 is 2.03. The van der Waals surface area contributed by atoms with Crippen molar-refractivity contribution in [1.82, 2.24) is 15.1 Å². The summed E-state index contributed by atoms with van der Waals surface area (Å²) in [6.45, 7) is 8.46. The van der Waals surface area contributed by atoms with Gasteiger partial charge in [-0.3, -0.25) is 4.68 Å². The van der Waals surface area contributed by atoms with Gasteiger partial charge < -0.3 is 5.32 Å².